The van der Waals surface area contributed by atoms with Crippen molar-refractivity contribution in [3.63, 3.8) is 0 Å². The zero-order chi connectivity index (χ0) is 14.3. The van der Waals surface area contributed by atoms with Crippen LogP contribution in [-0.4, -0.2) is 44.0 Å². The molecule has 0 aromatic heterocycles. The lowest BCUT2D eigenvalue weighted by Crippen LogP contribution is -2.41. The fourth-order valence-electron chi connectivity index (χ4n) is 1.38. The molecule has 0 saturated heterocycles. The van der Waals surface area contributed by atoms with Crippen molar-refractivity contribution in [3.8, 4) is 0 Å². The zero-order valence-electron chi connectivity index (χ0n) is 11.6. The molecule has 0 spiro atoms. The van der Waals surface area contributed by atoms with E-state index >= 15 is 0 Å². The third-order valence-electron chi connectivity index (χ3n) is 3.28. The van der Waals surface area contributed by atoms with Gasteiger partial charge in [-0.15, -0.1) is 0 Å². The fourth-order valence-corrected chi connectivity index (χ4v) is 1.38. The number of nitrogens with one attached hydrogen (secondary N) is 1. The van der Waals surface area contributed by atoms with Crippen molar-refractivity contribution in [1.82, 2.24) is 5.32 Å². The van der Waals surface area contributed by atoms with Crippen LogP contribution in [0.4, 0.5) is 0 Å². The molecule has 106 valence electrons. The SMILES string of the molecule is COC(CNC(=O)CC(C)(C(=O)O)C(C)C)OC. The molecular formula is C12H23NO5. The Balaban J connectivity index is 4.41. The van der Waals surface area contributed by atoms with Gasteiger partial charge in [-0.2, -0.15) is 0 Å². The minimum Gasteiger partial charge on any atom is -0.481 e. The maximum Gasteiger partial charge on any atom is 0.310 e. The van der Waals surface area contributed by atoms with Crippen molar-refractivity contribution in [1.29, 1.82) is 0 Å². The van der Waals surface area contributed by atoms with Crippen LogP contribution in [0.3, 0.4) is 0 Å². The molecule has 18 heavy (non-hydrogen) atoms. The van der Waals surface area contributed by atoms with Gasteiger partial charge in [0.25, 0.3) is 0 Å². The van der Waals surface area contributed by atoms with Crippen LogP contribution in [0.15, 0.2) is 0 Å². The number of hydrogen-bond donors (Lipinski definition) is 2. The number of rotatable bonds is 8. The second-order valence-electron chi connectivity index (χ2n) is 4.76. The van der Waals surface area contributed by atoms with Crippen LogP contribution in [0.1, 0.15) is 27.2 Å². The summed E-state index contributed by atoms with van der Waals surface area (Å²) in [4.78, 5) is 22.9. The second kappa shape index (κ2) is 7.33. The smallest absolute Gasteiger partial charge is 0.310 e. The van der Waals surface area contributed by atoms with Gasteiger partial charge in [-0.3, -0.25) is 9.59 Å². The molecule has 0 radical (unpaired) electrons. The molecule has 1 amide bonds. The first-order chi connectivity index (χ1) is 8.27. The number of ether oxygens (including phenoxy) is 2. The van der Waals surface area contributed by atoms with Crippen molar-refractivity contribution in [3.05, 3.63) is 0 Å². The number of carboxylic acid groups (broad SMARTS) is 1. The molecule has 0 aromatic carbocycles. The fraction of sp³-hybridized carbons (Fsp3) is 0.833. The number of carbonyl (C=O) groups excluding carboxylic acids is 1. The molecule has 0 fully saturated rings. The van der Waals surface area contributed by atoms with E-state index in [1.165, 1.54) is 14.2 Å². The van der Waals surface area contributed by atoms with Crippen molar-refractivity contribution >= 4 is 11.9 Å². The molecule has 1 unspecified atom stereocenters. The van der Waals surface area contributed by atoms with E-state index in [2.05, 4.69) is 5.32 Å². The summed E-state index contributed by atoms with van der Waals surface area (Å²) >= 11 is 0. The van der Waals surface area contributed by atoms with Gasteiger partial charge in [0.2, 0.25) is 5.91 Å². The average molecular weight is 261 g/mol. The number of carbonyl (C=O) groups is 2. The lowest BCUT2D eigenvalue weighted by atomic mass is 9.76. The zero-order valence-corrected chi connectivity index (χ0v) is 11.6. The highest BCUT2D eigenvalue weighted by molar-refractivity contribution is 5.84. The van der Waals surface area contributed by atoms with E-state index in [1.54, 1.807) is 20.8 Å². The van der Waals surface area contributed by atoms with Crippen molar-refractivity contribution in [2.24, 2.45) is 11.3 Å². The van der Waals surface area contributed by atoms with Crippen LogP contribution < -0.4 is 5.32 Å². The first kappa shape index (κ1) is 16.9. The predicted molar refractivity (Wildman–Crippen MR) is 66.0 cm³/mol. The highest BCUT2D eigenvalue weighted by Gasteiger charge is 2.38. The highest BCUT2D eigenvalue weighted by atomic mass is 16.7. The lowest BCUT2D eigenvalue weighted by molar-refractivity contribution is -0.154. The summed E-state index contributed by atoms with van der Waals surface area (Å²) in [6, 6.07) is 0. The van der Waals surface area contributed by atoms with Crippen molar-refractivity contribution in [2.75, 3.05) is 20.8 Å². The van der Waals surface area contributed by atoms with Crippen LogP contribution in [0.5, 0.6) is 0 Å². The van der Waals surface area contributed by atoms with Gasteiger partial charge >= 0.3 is 5.97 Å². The Bertz CT molecular complexity index is 288. The Morgan fingerprint density at radius 1 is 1.28 bits per heavy atom. The topological polar surface area (TPSA) is 84.9 Å². The van der Waals surface area contributed by atoms with E-state index in [-0.39, 0.29) is 24.8 Å². The average Bonchev–Trinajstić information content (AvgIpc) is 2.29. The molecule has 0 aliphatic carbocycles. The van der Waals surface area contributed by atoms with Crippen LogP contribution >= 0.6 is 0 Å². The molecule has 0 rings (SSSR count). The minimum absolute atomic E-state index is 0.0693. The Labute approximate surface area is 108 Å². The molecule has 0 aliphatic rings. The van der Waals surface area contributed by atoms with E-state index in [0.29, 0.717) is 0 Å². The normalized spacial score (nSPS) is 14.6. The van der Waals surface area contributed by atoms with E-state index < -0.39 is 17.7 Å². The molecule has 6 heteroatoms. The van der Waals surface area contributed by atoms with E-state index in [9.17, 15) is 14.7 Å². The molecular weight excluding hydrogens is 238 g/mol. The molecule has 0 heterocycles. The van der Waals surface area contributed by atoms with Gasteiger partial charge in [0.15, 0.2) is 6.29 Å². The van der Waals surface area contributed by atoms with Crippen molar-refractivity contribution < 1.29 is 24.2 Å². The summed E-state index contributed by atoms with van der Waals surface area (Å²) in [5.74, 6) is -1.43. The van der Waals surface area contributed by atoms with E-state index in [0.717, 1.165) is 0 Å². The summed E-state index contributed by atoms with van der Waals surface area (Å²) in [6.45, 7) is 5.34. The van der Waals surface area contributed by atoms with Crippen LogP contribution in [0, 0.1) is 11.3 Å². The molecule has 0 bridgehead atoms. The Kier molecular flexibility index (Phi) is 6.86. The minimum atomic E-state index is -1.07. The van der Waals surface area contributed by atoms with Gasteiger partial charge in [0.1, 0.15) is 0 Å². The monoisotopic (exact) mass is 261 g/mol. The highest BCUT2D eigenvalue weighted by Crippen LogP contribution is 2.31. The second-order valence-corrected chi connectivity index (χ2v) is 4.76. The largest absolute Gasteiger partial charge is 0.481 e. The maximum atomic E-state index is 11.7. The summed E-state index contributed by atoms with van der Waals surface area (Å²) < 4.78 is 9.84. The number of aliphatic carboxylic acids is 1. The van der Waals surface area contributed by atoms with Crippen molar-refractivity contribution in [2.45, 2.75) is 33.5 Å². The number of methoxy groups -OCH3 is 2. The lowest BCUT2D eigenvalue weighted by Gasteiger charge is -2.28. The number of carboxylic acids is 1. The summed E-state index contributed by atoms with van der Waals surface area (Å²) in [6.07, 6.45) is -0.593. The number of amides is 1. The van der Waals surface area contributed by atoms with Gasteiger partial charge in [-0.25, -0.2) is 0 Å². The Morgan fingerprint density at radius 2 is 1.78 bits per heavy atom. The predicted octanol–water partition coefficient (Wildman–Crippen LogP) is 0.858. The first-order valence-corrected chi connectivity index (χ1v) is 5.83. The molecule has 0 saturated carbocycles. The molecule has 2 N–H and O–H groups in total. The Morgan fingerprint density at radius 3 is 2.11 bits per heavy atom. The van der Waals surface area contributed by atoms with Gasteiger partial charge in [0.05, 0.1) is 12.0 Å². The standard InChI is InChI=1S/C12H23NO5/c1-8(2)12(3,11(15)16)6-9(14)13-7-10(17-4)18-5/h8,10H,6-7H2,1-5H3,(H,13,14)(H,15,16). The first-order valence-electron chi connectivity index (χ1n) is 5.83. The van der Waals surface area contributed by atoms with Gasteiger partial charge < -0.3 is 19.9 Å². The Hall–Kier alpha value is -1.14. The molecule has 1 atom stereocenters. The molecule has 6 nitrogen and oxygen atoms in total. The third-order valence-corrected chi connectivity index (χ3v) is 3.28. The van der Waals surface area contributed by atoms with Crippen LogP contribution in [0.2, 0.25) is 0 Å². The summed E-state index contributed by atoms with van der Waals surface area (Å²) in [7, 11) is 2.94. The maximum absolute atomic E-state index is 11.7. The van der Waals surface area contributed by atoms with E-state index in [1.807, 2.05) is 0 Å². The van der Waals surface area contributed by atoms with Crippen LogP contribution in [0.25, 0.3) is 0 Å². The van der Waals surface area contributed by atoms with Gasteiger partial charge in [0, 0.05) is 20.6 Å². The third kappa shape index (κ3) is 4.62. The van der Waals surface area contributed by atoms with Gasteiger partial charge in [-0.05, 0) is 12.8 Å². The quantitative estimate of drug-likeness (QED) is 0.633. The van der Waals surface area contributed by atoms with Gasteiger partial charge in [-0.1, -0.05) is 13.8 Å². The summed E-state index contributed by atoms with van der Waals surface area (Å²) in [5, 5.41) is 11.8. The number of hydrogen-bond acceptors (Lipinski definition) is 4. The van der Waals surface area contributed by atoms with E-state index in [4.69, 9.17) is 9.47 Å². The summed E-state index contributed by atoms with van der Waals surface area (Å²) in [5.41, 5.74) is -1.07. The molecule has 0 aromatic rings. The van der Waals surface area contributed by atoms with Crippen LogP contribution in [-0.2, 0) is 19.1 Å². The molecule has 0 aliphatic heterocycles.